The molecule has 0 aromatic heterocycles. The first-order valence-corrected chi connectivity index (χ1v) is 18.3. The summed E-state index contributed by atoms with van der Waals surface area (Å²) in [5, 5.41) is 23.4. The number of halogens is 4. The van der Waals surface area contributed by atoms with Crippen molar-refractivity contribution in [2.45, 2.75) is 68.9 Å². The van der Waals surface area contributed by atoms with Gasteiger partial charge in [0.25, 0.3) is 0 Å². The molecule has 298 valence electrons. The molecule has 0 spiro atoms. The van der Waals surface area contributed by atoms with E-state index in [4.69, 9.17) is 11.6 Å². The van der Waals surface area contributed by atoms with Crippen LogP contribution in [-0.2, 0) is 60.6 Å². The number of aliphatic carboxylic acids is 1. The summed E-state index contributed by atoms with van der Waals surface area (Å²) < 4.78 is 40.1. The number of benzene rings is 4. The van der Waals surface area contributed by atoms with Crippen molar-refractivity contribution in [2.24, 2.45) is 0 Å². The van der Waals surface area contributed by atoms with Gasteiger partial charge in [-0.3, -0.25) is 24.0 Å². The number of carboxylic acids is 1. The number of carbonyl (C=O) groups is 6. The Balaban J connectivity index is 1.53. The number of hydrogen-bond donors (Lipinski definition) is 6. The van der Waals surface area contributed by atoms with Crippen molar-refractivity contribution in [2.75, 3.05) is 5.32 Å². The minimum atomic E-state index is -4.64. The SMILES string of the molecule is O=C1CCC(=O)N[C@H](Cc2cccc(Cl)c2)C(=O)N[C@@H](Cc2ccc(C(F)(F)F)cc2)C(=O)N[C@H](Cc2ccccc2)C(=O)N[C@@H](C(=O)O)Cc2ccc(cc2)N1. The number of carboxylic acid groups (broad SMARTS) is 1. The van der Waals surface area contributed by atoms with Crippen molar-refractivity contribution >= 4 is 52.8 Å². The molecular formula is C41H39ClF3N5O7. The maximum Gasteiger partial charge on any atom is 0.416 e. The summed E-state index contributed by atoms with van der Waals surface area (Å²) in [5.74, 6) is -5.19. The molecule has 4 aromatic carbocycles. The second-order valence-electron chi connectivity index (χ2n) is 13.5. The van der Waals surface area contributed by atoms with Gasteiger partial charge in [0, 0.05) is 49.2 Å². The average molecular weight is 806 g/mol. The van der Waals surface area contributed by atoms with E-state index in [1.165, 1.54) is 12.1 Å². The predicted octanol–water partition coefficient (Wildman–Crippen LogP) is 4.39. The van der Waals surface area contributed by atoms with Crippen LogP contribution in [0.2, 0.25) is 5.02 Å². The lowest BCUT2D eigenvalue weighted by atomic mass is 9.99. The minimum Gasteiger partial charge on any atom is -0.480 e. The van der Waals surface area contributed by atoms with Crippen LogP contribution in [0.4, 0.5) is 18.9 Å². The predicted molar refractivity (Wildman–Crippen MR) is 204 cm³/mol. The van der Waals surface area contributed by atoms with Crippen molar-refractivity contribution in [3.05, 3.63) is 136 Å². The molecule has 0 unspecified atom stereocenters. The Hall–Kier alpha value is -6.22. The molecule has 0 saturated heterocycles. The molecule has 2 heterocycles. The topological polar surface area (TPSA) is 183 Å². The van der Waals surface area contributed by atoms with Gasteiger partial charge >= 0.3 is 12.1 Å². The highest BCUT2D eigenvalue weighted by atomic mass is 35.5. The second kappa shape index (κ2) is 19.1. The number of carbonyl (C=O) groups excluding carboxylic acids is 5. The van der Waals surface area contributed by atoms with Gasteiger partial charge in [-0.25, -0.2) is 4.79 Å². The third kappa shape index (κ3) is 12.7. The molecule has 6 N–H and O–H groups in total. The van der Waals surface area contributed by atoms with Crippen molar-refractivity contribution in [1.29, 1.82) is 0 Å². The van der Waals surface area contributed by atoms with E-state index in [1.807, 2.05) is 0 Å². The quantitative estimate of drug-likeness (QED) is 0.150. The van der Waals surface area contributed by atoms with E-state index in [2.05, 4.69) is 26.6 Å². The van der Waals surface area contributed by atoms with Gasteiger partial charge in [0.2, 0.25) is 29.5 Å². The van der Waals surface area contributed by atoms with Crippen LogP contribution in [0.15, 0.2) is 103 Å². The zero-order valence-corrected chi connectivity index (χ0v) is 31.0. The maximum absolute atomic E-state index is 14.2. The number of amides is 5. The summed E-state index contributed by atoms with van der Waals surface area (Å²) in [6, 6.07) is 19.5. The molecule has 0 fully saturated rings. The van der Waals surface area contributed by atoms with Crippen molar-refractivity contribution in [3.63, 3.8) is 0 Å². The van der Waals surface area contributed by atoms with Crippen molar-refractivity contribution in [1.82, 2.24) is 21.3 Å². The summed E-state index contributed by atoms with van der Waals surface area (Å²) in [4.78, 5) is 80.5. The van der Waals surface area contributed by atoms with Gasteiger partial charge in [0.05, 0.1) is 5.56 Å². The fourth-order valence-electron chi connectivity index (χ4n) is 6.14. The summed E-state index contributed by atoms with van der Waals surface area (Å²) in [6.45, 7) is 0. The minimum absolute atomic E-state index is 0.104. The van der Waals surface area contributed by atoms with Crippen LogP contribution in [-0.4, -0.2) is 64.8 Å². The Morgan fingerprint density at radius 1 is 0.632 bits per heavy atom. The second-order valence-corrected chi connectivity index (χ2v) is 14.0. The average Bonchev–Trinajstić information content (AvgIpc) is 3.16. The molecule has 4 aromatic rings. The largest absolute Gasteiger partial charge is 0.480 e. The van der Waals surface area contributed by atoms with Gasteiger partial charge in [-0.2, -0.15) is 13.2 Å². The fourth-order valence-corrected chi connectivity index (χ4v) is 6.35. The standard InChI is InChI=1S/C41H39ClF3N5O7/c42-29-8-4-7-27(19-29)23-31-37(53)48-33(21-25-9-13-28(14-10-25)41(43,44)45)38(54)49-32(20-24-5-2-1-3-6-24)39(55)50-34(40(56)57)22-26-11-15-30(16-12-26)46-35(51)17-18-36(52)47-31/h1-16,19,31-34H,17-18,20-23H2,(H,46,51)(H,47,52)(H,48,53)(H,49,54)(H,50,55)(H,56,57)/t31-,32-,33+,34-/m1/s1. The summed E-state index contributed by atoms with van der Waals surface area (Å²) in [5.41, 5.74) is 1.28. The van der Waals surface area contributed by atoms with Gasteiger partial charge in [-0.05, 0) is 58.7 Å². The third-order valence-electron chi connectivity index (χ3n) is 9.12. The van der Waals surface area contributed by atoms with Gasteiger partial charge in [-0.15, -0.1) is 0 Å². The first-order chi connectivity index (χ1) is 27.1. The number of rotatable bonds is 7. The molecule has 57 heavy (non-hydrogen) atoms. The molecule has 0 aliphatic carbocycles. The zero-order chi connectivity index (χ0) is 41.1. The zero-order valence-electron chi connectivity index (χ0n) is 30.3. The first kappa shape index (κ1) is 41.9. The van der Waals surface area contributed by atoms with E-state index >= 15 is 0 Å². The molecule has 16 heteroatoms. The summed E-state index contributed by atoms with van der Waals surface area (Å²) in [7, 11) is 0. The first-order valence-electron chi connectivity index (χ1n) is 17.9. The molecule has 2 bridgehead atoms. The summed E-state index contributed by atoms with van der Waals surface area (Å²) >= 11 is 6.18. The smallest absolute Gasteiger partial charge is 0.416 e. The summed E-state index contributed by atoms with van der Waals surface area (Å²) in [6.07, 6.45) is -5.96. The molecule has 2 aliphatic heterocycles. The molecule has 5 amide bonds. The van der Waals surface area contributed by atoms with Crippen molar-refractivity contribution < 1.29 is 47.0 Å². The number of nitrogens with one attached hydrogen (secondary N) is 5. The van der Waals surface area contributed by atoms with Crippen LogP contribution < -0.4 is 26.6 Å². The van der Waals surface area contributed by atoms with Crippen LogP contribution in [0.5, 0.6) is 0 Å². The Morgan fingerprint density at radius 2 is 1.16 bits per heavy atom. The van der Waals surface area contributed by atoms with Crippen LogP contribution in [0.25, 0.3) is 0 Å². The van der Waals surface area contributed by atoms with Crippen LogP contribution in [0, 0.1) is 0 Å². The Labute approximate surface area is 330 Å². The number of fused-ring (bicyclic) bond motifs is 18. The van der Waals surface area contributed by atoms with E-state index in [0.29, 0.717) is 27.4 Å². The van der Waals surface area contributed by atoms with Crippen LogP contribution in [0.3, 0.4) is 0 Å². The fraction of sp³-hybridized carbons (Fsp3) is 0.268. The van der Waals surface area contributed by atoms with Gasteiger partial charge in [-0.1, -0.05) is 78.3 Å². The normalized spacial score (nSPS) is 20.2. The van der Waals surface area contributed by atoms with E-state index in [0.717, 1.165) is 24.3 Å². The maximum atomic E-state index is 14.2. The van der Waals surface area contributed by atoms with Gasteiger partial charge in [0.15, 0.2) is 0 Å². The Morgan fingerprint density at radius 3 is 1.74 bits per heavy atom. The number of anilines is 1. The van der Waals surface area contributed by atoms with E-state index in [1.54, 1.807) is 66.7 Å². The lowest BCUT2D eigenvalue weighted by Gasteiger charge is -2.26. The Bertz CT molecular complexity index is 2080. The Kier molecular flexibility index (Phi) is 14.0. The highest BCUT2D eigenvalue weighted by molar-refractivity contribution is 6.30. The molecule has 0 saturated carbocycles. The van der Waals surface area contributed by atoms with Gasteiger partial charge in [0.1, 0.15) is 24.2 Å². The van der Waals surface area contributed by atoms with Gasteiger partial charge < -0.3 is 31.7 Å². The molecule has 12 nitrogen and oxygen atoms in total. The van der Waals surface area contributed by atoms with E-state index in [9.17, 15) is 47.0 Å². The molecular weight excluding hydrogens is 767 g/mol. The third-order valence-corrected chi connectivity index (χ3v) is 9.36. The lowest BCUT2D eigenvalue weighted by Crippen LogP contribution is -2.59. The monoisotopic (exact) mass is 805 g/mol. The molecule has 4 atom stereocenters. The highest BCUT2D eigenvalue weighted by Gasteiger charge is 2.33. The molecule has 6 rings (SSSR count). The van der Waals surface area contributed by atoms with Crippen LogP contribution in [0.1, 0.15) is 40.7 Å². The molecule has 2 aliphatic rings. The van der Waals surface area contributed by atoms with E-state index < -0.39 is 71.4 Å². The number of hydrogen-bond acceptors (Lipinski definition) is 6. The molecule has 0 radical (unpaired) electrons. The van der Waals surface area contributed by atoms with Crippen molar-refractivity contribution in [3.8, 4) is 0 Å². The lowest BCUT2D eigenvalue weighted by molar-refractivity contribution is -0.142. The number of alkyl halides is 3. The van der Waals surface area contributed by atoms with E-state index in [-0.39, 0.29) is 44.1 Å². The van der Waals surface area contributed by atoms with Crippen LogP contribution >= 0.6 is 11.6 Å². The highest BCUT2D eigenvalue weighted by Crippen LogP contribution is 2.29.